The summed E-state index contributed by atoms with van der Waals surface area (Å²) in [5.41, 5.74) is -1.36. The van der Waals surface area contributed by atoms with Gasteiger partial charge in [0.15, 0.2) is 0 Å². The van der Waals surface area contributed by atoms with Crippen molar-refractivity contribution >= 4 is 40.8 Å². The van der Waals surface area contributed by atoms with Gasteiger partial charge in [-0.3, -0.25) is 25.4 Å². The lowest BCUT2D eigenvalue weighted by atomic mass is 10.0. The number of benzene rings is 3. The van der Waals surface area contributed by atoms with Gasteiger partial charge in [-0.15, -0.1) is 0 Å². The zero-order chi connectivity index (χ0) is 36.1. The van der Waals surface area contributed by atoms with Gasteiger partial charge in [-0.25, -0.2) is 4.79 Å². The number of urea groups is 1. The van der Waals surface area contributed by atoms with Gasteiger partial charge in [-0.2, -0.15) is 39.5 Å². The highest BCUT2D eigenvalue weighted by molar-refractivity contribution is 6.31. The van der Waals surface area contributed by atoms with E-state index in [-0.39, 0.29) is 34.6 Å². The van der Waals surface area contributed by atoms with Crippen LogP contribution in [0.25, 0.3) is 0 Å². The summed E-state index contributed by atoms with van der Waals surface area (Å²) in [4.78, 5) is 40.8. The lowest BCUT2D eigenvalue weighted by Crippen LogP contribution is -2.42. The molecular formula is C30H19ClF9N5O4. The largest absolute Gasteiger partial charge is 0.457 e. The first-order chi connectivity index (χ1) is 22.8. The molecule has 0 saturated heterocycles. The third-order valence-electron chi connectivity index (χ3n) is 6.17. The van der Waals surface area contributed by atoms with Crippen LogP contribution in [-0.2, 0) is 29.7 Å². The van der Waals surface area contributed by atoms with E-state index >= 15 is 0 Å². The van der Waals surface area contributed by atoms with Gasteiger partial charge in [0.05, 0.1) is 28.1 Å². The van der Waals surface area contributed by atoms with Crippen LogP contribution in [0, 0.1) is 0 Å². The van der Waals surface area contributed by atoms with Crippen LogP contribution in [0.2, 0.25) is 5.02 Å². The van der Waals surface area contributed by atoms with Gasteiger partial charge in [0, 0.05) is 23.6 Å². The molecule has 1 heterocycles. The van der Waals surface area contributed by atoms with Crippen molar-refractivity contribution in [2.45, 2.75) is 24.9 Å². The minimum atomic E-state index is -5.11. The molecule has 0 aliphatic heterocycles. The molecule has 4 amide bonds. The number of nitrogens with one attached hydrogen (secondary N) is 4. The van der Waals surface area contributed by atoms with Crippen molar-refractivity contribution in [3.8, 4) is 11.5 Å². The predicted molar refractivity (Wildman–Crippen MR) is 156 cm³/mol. The van der Waals surface area contributed by atoms with Crippen LogP contribution in [0.15, 0.2) is 79.0 Å². The van der Waals surface area contributed by atoms with E-state index in [0.717, 1.165) is 18.3 Å². The van der Waals surface area contributed by atoms with Gasteiger partial charge in [-0.05, 0) is 72.3 Å². The quantitative estimate of drug-likeness (QED) is 0.113. The zero-order valence-electron chi connectivity index (χ0n) is 24.1. The number of hydrazine groups is 1. The Kier molecular flexibility index (Phi) is 10.6. The van der Waals surface area contributed by atoms with Gasteiger partial charge in [0.25, 0.3) is 5.91 Å². The molecule has 0 bridgehead atoms. The molecule has 49 heavy (non-hydrogen) atoms. The molecule has 0 atom stereocenters. The molecule has 9 nitrogen and oxygen atoms in total. The number of aromatic nitrogens is 1. The summed E-state index contributed by atoms with van der Waals surface area (Å²) in [5, 5.41) is 4.13. The van der Waals surface area contributed by atoms with Crippen molar-refractivity contribution in [3.05, 3.63) is 112 Å². The number of carbonyl (C=O) groups is 3. The van der Waals surface area contributed by atoms with Gasteiger partial charge in [0.2, 0.25) is 5.91 Å². The monoisotopic (exact) mass is 719 g/mol. The summed E-state index contributed by atoms with van der Waals surface area (Å²) >= 11 is 5.57. The Morgan fingerprint density at radius 2 is 1.27 bits per heavy atom. The SMILES string of the molecule is O=C(Cc1cc(C(F)(F)F)cc(C(F)(F)F)c1)NNC(=O)c1cc(Oc2ccc(NC(=O)Nc3ccc(Cl)c(C(F)(F)F)c3)cc2)ccn1. The number of anilines is 2. The number of pyridine rings is 1. The molecular weight excluding hydrogens is 701 g/mol. The molecule has 0 saturated carbocycles. The molecule has 0 fully saturated rings. The second-order valence-corrected chi connectivity index (χ2v) is 10.3. The van der Waals surface area contributed by atoms with E-state index in [0.29, 0.717) is 18.2 Å². The van der Waals surface area contributed by atoms with Gasteiger partial charge < -0.3 is 15.4 Å². The van der Waals surface area contributed by atoms with Gasteiger partial charge in [-0.1, -0.05) is 11.6 Å². The van der Waals surface area contributed by atoms with Crippen LogP contribution in [0.1, 0.15) is 32.7 Å². The fourth-order valence-corrected chi connectivity index (χ4v) is 4.22. The lowest BCUT2D eigenvalue weighted by Gasteiger charge is -2.14. The maximum Gasteiger partial charge on any atom is 0.417 e. The average molecular weight is 720 g/mol. The summed E-state index contributed by atoms with van der Waals surface area (Å²) in [6.45, 7) is 0. The van der Waals surface area contributed by atoms with E-state index in [2.05, 4.69) is 15.6 Å². The van der Waals surface area contributed by atoms with Crippen LogP contribution in [-0.4, -0.2) is 22.8 Å². The predicted octanol–water partition coefficient (Wildman–Crippen LogP) is 8.23. The van der Waals surface area contributed by atoms with E-state index in [1.165, 1.54) is 36.4 Å². The van der Waals surface area contributed by atoms with Crippen LogP contribution in [0.5, 0.6) is 11.5 Å². The van der Waals surface area contributed by atoms with E-state index < -0.39 is 70.1 Å². The normalized spacial score (nSPS) is 11.8. The van der Waals surface area contributed by atoms with Crippen LogP contribution >= 0.6 is 11.6 Å². The smallest absolute Gasteiger partial charge is 0.417 e. The number of nitrogens with zero attached hydrogens (tertiary/aromatic N) is 1. The fourth-order valence-electron chi connectivity index (χ4n) is 4.00. The lowest BCUT2D eigenvalue weighted by molar-refractivity contribution is -0.143. The molecule has 19 heteroatoms. The van der Waals surface area contributed by atoms with Gasteiger partial charge in [0.1, 0.15) is 17.2 Å². The number of alkyl halides is 9. The summed E-state index contributed by atoms with van der Waals surface area (Å²) in [6, 6.07) is 10.7. The van der Waals surface area contributed by atoms with Crippen molar-refractivity contribution in [3.63, 3.8) is 0 Å². The molecule has 0 radical (unpaired) electrons. The molecule has 0 aliphatic carbocycles. The summed E-state index contributed by atoms with van der Waals surface area (Å²) in [6.07, 6.45) is -14.7. The average Bonchev–Trinajstić information content (AvgIpc) is 3.00. The maximum absolute atomic E-state index is 13.1. The molecule has 1 aromatic heterocycles. The van der Waals surface area contributed by atoms with Crippen molar-refractivity contribution in [1.82, 2.24) is 15.8 Å². The van der Waals surface area contributed by atoms with Crippen LogP contribution in [0.3, 0.4) is 0 Å². The number of hydrogen-bond acceptors (Lipinski definition) is 5. The topological polar surface area (TPSA) is 121 Å². The van der Waals surface area contributed by atoms with Crippen molar-refractivity contribution in [2.75, 3.05) is 10.6 Å². The summed E-state index contributed by atoms with van der Waals surface area (Å²) in [5.74, 6) is -1.87. The number of ether oxygens (including phenoxy) is 1. The zero-order valence-corrected chi connectivity index (χ0v) is 24.8. The molecule has 0 unspecified atom stereocenters. The Labute approximate surface area is 274 Å². The van der Waals surface area contributed by atoms with E-state index in [1.807, 2.05) is 10.9 Å². The third kappa shape index (κ3) is 10.2. The summed E-state index contributed by atoms with van der Waals surface area (Å²) in [7, 11) is 0. The molecule has 0 spiro atoms. The Bertz CT molecular complexity index is 1830. The minimum absolute atomic E-state index is 0.0665. The van der Waals surface area contributed by atoms with E-state index in [4.69, 9.17) is 16.3 Å². The molecule has 0 aliphatic rings. The van der Waals surface area contributed by atoms with Crippen LogP contribution < -0.4 is 26.2 Å². The highest BCUT2D eigenvalue weighted by atomic mass is 35.5. The van der Waals surface area contributed by atoms with Crippen molar-refractivity contribution < 1.29 is 58.6 Å². The van der Waals surface area contributed by atoms with Crippen LogP contribution in [0.4, 0.5) is 55.7 Å². The molecule has 4 aromatic rings. The second kappa shape index (κ2) is 14.3. The molecule has 258 valence electrons. The van der Waals surface area contributed by atoms with Crippen molar-refractivity contribution in [1.29, 1.82) is 0 Å². The maximum atomic E-state index is 13.1. The molecule has 4 N–H and O–H groups in total. The number of rotatable bonds is 7. The summed E-state index contributed by atoms with van der Waals surface area (Å²) < 4.78 is 123. The molecule has 3 aromatic carbocycles. The first-order valence-corrected chi connectivity index (χ1v) is 13.7. The van der Waals surface area contributed by atoms with Crippen molar-refractivity contribution in [2.24, 2.45) is 0 Å². The highest BCUT2D eigenvalue weighted by Crippen LogP contribution is 2.37. The third-order valence-corrected chi connectivity index (χ3v) is 6.50. The Balaban J connectivity index is 1.32. The fraction of sp³-hybridized carbons (Fsp3) is 0.133. The first kappa shape index (κ1) is 36.3. The van der Waals surface area contributed by atoms with Gasteiger partial charge >= 0.3 is 24.6 Å². The number of halogens is 10. The standard InChI is InChI=1S/C30H19ClF9N5O4/c31-23-6-3-19(13-22(23)30(38,39)40)43-27(48)42-18-1-4-20(5-2-18)49-21-7-8-41-24(14-21)26(47)45-44-25(46)11-15-9-16(28(32,33)34)12-17(10-15)29(35,36)37/h1-10,12-14H,11H2,(H,44,46)(H,45,47)(H2,42,43,48). The Morgan fingerprint density at radius 1 is 0.673 bits per heavy atom. The van der Waals surface area contributed by atoms with E-state index in [1.54, 1.807) is 0 Å². The first-order valence-electron chi connectivity index (χ1n) is 13.3. The number of hydrogen-bond donors (Lipinski definition) is 4. The highest BCUT2D eigenvalue weighted by Gasteiger charge is 2.37. The minimum Gasteiger partial charge on any atom is -0.457 e. The van der Waals surface area contributed by atoms with E-state index in [9.17, 15) is 53.9 Å². The Morgan fingerprint density at radius 3 is 1.86 bits per heavy atom. The number of amides is 4. The number of carbonyl (C=O) groups excluding carboxylic acids is 3. The second-order valence-electron chi connectivity index (χ2n) is 9.87. The molecule has 4 rings (SSSR count). The Hall–Kier alpha value is -5.52.